The van der Waals surface area contributed by atoms with Crippen molar-refractivity contribution in [3.63, 3.8) is 0 Å². The Morgan fingerprint density at radius 1 is 1.24 bits per heavy atom. The molecule has 1 amide bonds. The van der Waals surface area contributed by atoms with Crippen LogP contribution in [0.1, 0.15) is 35.7 Å². The minimum absolute atomic E-state index is 0.00422. The van der Waals surface area contributed by atoms with Gasteiger partial charge in [-0.2, -0.15) is 5.10 Å². The van der Waals surface area contributed by atoms with Crippen LogP contribution >= 0.6 is 11.3 Å². The third kappa shape index (κ3) is 3.62. The lowest BCUT2D eigenvalue weighted by molar-refractivity contribution is -0.115. The maximum Gasteiger partial charge on any atom is 0.228 e. The van der Waals surface area contributed by atoms with Gasteiger partial charge in [-0.25, -0.2) is 4.98 Å². The van der Waals surface area contributed by atoms with Crippen molar-refractivity contribution in [3.05, 3.63) is 52.7 Å². The second-order valence-corrected chi connectivity index (χ2v) is 7.10. The Morgan fingerprint density at radius 2 is 2.00 bits per heavy atom. The Hall–Kier alpha value is -2.51. The van der Waals surface area contributed by atoms with Crippen LogP contribution in [0.4, 0.5) is 5.69 Å². The molecule has 2 heterocycles. The number of aromatic nitrogens is 3. The Balaban J connectivity index is 1.45. The van der Waals surface area contributed by atoms with Gasteiger partial charge < -0.3 is 10.4 Å². The highest BCUT2D eigenvalue weighted by molar-refractivity contribution is 7.14. The molecule has 7 heteroatoms. The lowest BCUT2D eigenvalue weighted by atomic mass is 10.1. The summed E-state index contributed by atoms with van der Waals surface area (Å²) in [5, 5.41) is 21.2. The van der Waals surface area contributed by atoms with Crippen molar-refractivity contribution in [2.24, 2.45) is 0 Å². The number of hydrogen-bond donors (Lipinski definition) is 3. The second-order valence-electron chi connectivity index (χ2n) is 6.18. The van der Waals surface area contributed by atoms with Crippen molar-refractivity contribution in [3.8, 4) is 10.7 Å². The summed E-state index contributed by atoms with van der Waals surface area (Å²) in [5.74, 6) is 2.00. The number of carbonyl (C=O) groups is 1. The van der Waals surface area contributed by atoms with E-state index in [1.54, 1.807) is 0 Å². The molecule has 1 aliphatic rings. The number of rotatable bonds is 6. The van der Waals surface area contributed by atoms with Gasteiger partial charge in [0.1, 0.15) is 5.82 Å². The molecule has 0 spiro atoms. The van der Waals surface area contributed by atoms with E-state index in [0.29, 0.717) is 11.7 Å². The zero-order valence-corrected chi connectivity index (χ0v) is 14.3. The molecule has 0 atom stereocenters. The smallest absolute Gasteiger partial charge is 0.228 e. The molecule has 1 aromatic carbocycles. The second kappa shape index (κ2) is 6.78. The number of aliphatic hydroxyl groups is 1. The highest BCUT2D eigenvalue weighted by atomic mass is 32.1. The number of thiophene rings is 1. The first-order valence-electron chi connectivity index (χ1n) is 8.21. The highest BCUT2D eigenvalue weighted by Gasteiger charge is 2.27. The highest BCUT2D eigenvalue weighted by Crippen LogP contribution is 2.39. The molecule has 4 rings (SSSR count). The van der Waals surface area contributed by atoms with Gasteiger partial charge in [-0.1, -0.05) is 24.3 Å². The number of amides is 1. The van der Waals surface area contributed by atoms with E-state index in [0.717, 1.165) is 40.4 Å². The van der Waals surface area contributed by atoms with Gasteiger partial charge in [0.15, 0.2) is 5.82 Å². The van der Waals surface area contributed by atoms with Crippen LogP contribution in [0.15, 0.2) is 35.7 Å². The van der Waals surface area contributed by atoms with E-state index in [9.17, 15) is 4.79 Å². The van der Waals surface area contributed by atoms with E-state index in [-0.39, 0.29) is 18.9 Å². The summed E-state index contributed by atoms with van der Waals surface area (Å²) < 4.78 is 0. The van der Waals surface area contributed by atoms with E-state index >= 15 is 0 Å². The number of benzene rings is 1. The molecule has 1 aliphatic carbocycles. The van der Waals surface area contributed by atoms with Crippen molar-refractivity contribution < 1.29 is 9.90 Å². The summed E-state index contributed by atoms with van der Waals surface area (Å²) in [7, 11) is 0. The fourth-order valence-electron chi connectivity index (χ4n) is 2.64. The molecular weight excluding hydrogens is 336 g/mol. The first-order valence-corrected chi connectivity index (χ1v) is 9.09. The molecule has 1 saturated carbocycles. The fourth-order valence-corrected chi connectivity index (χ4v) is 3.42. The van der Waals surface area contributed by atoms with Gasteiger partial charge in [0.05, 0.1) is 23.6 Å². The van der Waals surface area contributed by atoms with Crippen molar-refractivity contribution in [2.75, 3.05) is 5.32 Å². The zero-order chi connectivity index (χ0) is 17.2. The molecule has 3 aromatic rings. The molecule has 128 valence electrons. The lowest BCUT2D eigenvalue weighted by Gasteiger charge is -2.06. The molecule has 0 radical (unpaired) electrons. The van der Waals surface area contributed by atoms with E-state index < -0.39 is 0 Å². The number of H-pyrrole nitrogens is 1. The lowest BCUT2D eigenvalue weighted by Crippen LogP contribution is -2.14. The van der Waals surface area contributed by atoms with Crippen molar-refractivity contribution in [2.45, 2.75) is 31.8 Å². The van der Waals surface area contributed by atoms with E-state index in [1.165, 1.54) is 11.3 Å². The molecule has 25 heavy (non-hydrogen) atoms. The van der Waals surface area contributed by atoms with Crippen molar-refractivity contribution >= 4 is 22.9 Å². The first-order chi connectivity index (χ1) is 12.2. The summed E-state index contributed by atoms with van der Waals surface area (Å²) in [6, 6.07) is 9.24. The van der Waals surface area contributed by atoms with Crippen LogP contribution in [0.3, 0.4) is 0 Å². The summed E-state index contributed by atoms with van der Waals surface area (Å²) in [4.78, 5) is 17.8. The molecule has 3 N–H and O–H groups in total. The molecular formula is C18H18N4O2S. The molecule has 1 fully saturated rings. The Morgan fingerprint density at radius 3 is 2.72 bits per heavy atom. The predicted octanol–water partition coefficient (Wildman–Crippen LogP) is 3.08. The van der Waals surface area contributed by atoms with E-state index in [2.05, 4.69) is 20.5 Å². The normalized spacial score (nSPS) is 13.8. The van der Waals surface area contributed by atoms with Crippen LogP contribution in [0.2, 0.25) is 0 Å². The Kier molecular flexibility index (Phi) is 4.33. The minimum Gasteiger partial charge on any atom is -0.392 e. The number of nitrogens with one attached hydrogen (secondary N) is 2. The number of nitrogens with zero attached hydrogens (tertiary/aromatic N) is 2. The van der Waals surface area contributed by atoms with Crippen LogP contribution in [-0.4, -0.2) is 26.2 Å². The maximum atomic E-state index is 12.3. The number of aliphatic hydroxyl groups excluding tert-OH is 1. The number of hydrogen-bond acceptors (Lipinski definition) is 5. The first kappa shape index (κ1) is 16.0. The van der Waals surface area contributed by atoms with Crippen LogP contribution in [-0.2, 0) is 17.8 Å². The van der Waals surface area contributed by atoms with Gasteiger partial charge >= 0.3 is 0 Å². The quantitative estimate of drug-likeness (QED) is 0.634. The molecule has 0 aliphatic heterocycles. The minimum atomic E-state index is -0.0886. The zero-order valence-electron chi connectivity index (χ0n) is 13.5. The van der Waals surface area contributed by atoms with Gasteiger partial charge in [-0.15, -0.1) is 11.3 Å². The largest absolute Gasteiger partial charge is 0.392 e. The topological polar surface area (TPSA) is 90.9 Å². The number of carbonyl (C=O) groups excluding carboxylic acids is 1. The predicted molar refractivity (Wildman–Crippen MR) is 96.4 cm³/mol. The van der Waals surface area contributed by atoms with Gasteiger partial charge in [0.25, 0.3) is 0 Å². The van der Waals surface area contributed by atoms with Gasteiger partial charge in [-0.05, 0) is 35.4 Å². The van der Waals surface area contributed by atoms with E-state index in [4.69, 9.17) is 5.11 Å². The molecule has 2 aromatic heterocycles. The van der Waals surface area contributed by atoms with Gasteiger partial charge in [0.2, 0.25) is 5.91 Å². The average Bonchev–Trinajstić information content (AvgIpc) is 3.17. The monoisotopic (exact) mass is 354 g/mol. The molecule has 0 unspecified atom stereocenters. The summed E-state index contributed by atoms with van der Waals surface area (Å²) in [6.07, 6.45) is 2.61. The summed E-state index contributed by atoms with van der Waals surface area (Å²) >= 11 is 1.51. The van der Waals surface area contributed by atoms with Crippen LogP contribution < -0.4 is 5.32 Å². The standard InChI is InChI=1S/C18H18N4O2S/c23-10-12-3-1-11(2-4-12)9-15(24)19-14-7-8-25-16(14)18-20-17(21-22-18)13-5-6-13/h1-4,7-8,13,23H,5-6,9-10H2,(H,19,24)(H,20,21,22). The molecule has 0 bridgehead atoms. The van der Waals surface area contributed by atoms with Crippen LogP contribution in [0, 0.1) is 0 Å². The SMILES string of the molecule is O=C(Cc1ccc(CO)cc1)Nc1ccsc1-c1n[nH]c(C2CC2)n1. The third-order valence-electron chi connectivity index (χ3n) is 4.18. The molecule has 0 saturated heterocycles. The van der Waals surface area contributed by atoms with Crippen molar-refractivity contribution in [1.82, 2.24) is 15.2 Å². The fraction of sp³-hybridized carbons (Fsp3) is 0.278. The van der Waals surface area contributed by atoms with E-state index in [1.807, 2.05) is 35.7 Å². The maximum absolute atomic E-state index is 12.3. The molecule has 6 nitrogen and oxygen atoms in total. The third-order valence-corrected chi connectivity index (χ3v) is 5.09. The van der Waals surface area contributed by atoms with Crippen LogP contribution in [0.25, 0.3) is 10.7 Å². The summed E-state index contributed by atoms with van der Waals surface area (Å²) in [6.45, 7) is 0.00422. The number of aromatic amines is 1. The van der Waals surface area contributed by atoms with Gasteiger partial charge in [-0.3, -0.25) is 9.89 Å². The van der Waals surface area contributed by atoms with Gasteiger partial charge in [0, 0.05) is 5.92 Å². The number of anilines is 1. The average molecular weight is 354 g/mol. The summed E-state index contributed by atoms with van der Waals surface area (Å²) in [5.41, 5.74) is 2.48. The Labute approximate surface area is 148 Å². The van der Waals surface area contributed by atoms with Crippen LogP contribution in [0.5, 0.6) is 0 Å². The Bertz CT molecular complexity index is 881. The van der Waals surface area contributed by atoms with Crippen molar-refractivity contribution in [1.29, 1.82) is 0 Å².